The van der Waals surface area contributed by atoms with E-state index in [9.17, 15) is 0 Å². The van der Waals surface area contributed by atoms with Gasteiger partial charge in [0.1, 0.15) is 11.6 Å². The van der Waals surface area contributed by atoms with Crippen LogP contribution in [0.5, 0.6) is 5.75 Å². The number of anilines is 1. The molecule has 3 rings (SSSR count). The van der Waals surface area contributed by atoms with Gasteiger partial charge in [-0.3, -0.25) is 0 Å². The van der Waals surface area contributed by atoms with E-state index in [-0.39, 0.29) is 0 Å². The van der Waals surface area contributed by atoms with E-state index in [2.05, 4.69) is 42.3 Å². The van der Waals surface area contributed by atoms with Crippen molar-refractivity contribution in [2.75, 3.05) is 18.5 Å². The van der Waals surface area contributed by atoms with Crippen molar-refractivity contribution in [3.63, 3.8) is 0 Å². The quantitative estimate of drug-likeness (QED) is 0.928. The maximum atomic E-state index is 5.87. The molecule has 1 aromatic carbocycles. The van der Waals surface area contributed by atoms with Crippen molar-refractivity contribution < 1.29 is 4.74 Å². The molecule has 0 radical (unpaired) electrons. The van der Waals surface area contributed by atoms with Gasteiger partial charge in [0.2, 0.25) is 0 Å². The molecule has 1 aliphatic heterocycles. The van der Waals surface area contributed by atoms with E-state index >= 15 is 0 Å². The summed E-state index contributed by atoms with van der Waals surface area (Å²) < 4.78 is 5.87. The zero-order valence-corrected chi connectivity index (χ0v) is 12.1. The Hall–Kier alpha value is -1.55. The Balaban J connectivity index is 1.59. The van der Waals surface area contributed by atoms with E-state index in [0.29, 0.717) is 6.61 Å². The summed E-state index contributed by atoms with van der Waals surface area (Å²) in [5, 5.41) is 4.47. The molecule has 0 saturated carbocycles. The molecule has 0 aliphatic carbocycles. The van der Waals surface area contributed by atoms with Crippen molar-refractivity contribution in [1.82, 2.24) is 4.98 Å². The highest BCUT2D eigenvalue weighted by molar-refractivity contribution is 7.12. The summed E-state index contributed by atoms with van der Waals surface area (Å²) in [5.41, 5.74) is 2.42. The fraction of sp³-hybridized carbons (Fsp3) is 0.400. The molecule has 0 unspecified atom stereocenters. The lowest BCUT2D eigenvalue weighted by atomic mass is 10.1. The predicted molar refractivity (Wildman–Crippen MR) is 79.4 cm³/mol. The van der Waals surface area contributed by atoms with Gasteiger partial charge >= 0.3 is 0 Å². The molecule has 0 saturated heterocycles. The molecule has 4 heteroatoms. The van der Waals surface area contributed by atoms with Crippen LogP contribution < -0.4 is 10.1 Å². The molecular weight excluding hydrogens is 256 g/mol. The van der Waals surface area contributed by atoms with Crippen molar-refractivity contribution in [2.24, 2.45) is 0 Å². The van der Waals surface area contributed by atoms with Crippen molar-refractivity contribution >= 4 is 17.2 Å². The van der Waals surface area contributed by atoms with Crippen molar-refractivity contribution in [1.29, 1.82) is 0 Å². The van der Waals surface area contributed by atoms with Crippen molar-refractivity contribution in [3.8, 4) is 5.75 Å². The summed E-state index contributed by atoms with van der Waals surface area (Å²) in [6.07, 6.45) is 2.00. The van der Waals surface area contributed by atoms with E-state index in [1.165, 1.54) is 21.0 Å². The van der Waals surface area contributed by atoms with Gasteiger partial charge in [-0.1, -0.05) is 12.1 Å². The molecule has 2 heterocycles. The number of hydrogen-bond donors (Lipinski definition) is 1. The Morgan fingerprint density at radius 2 is 2.26 bits per heavy atom. The Bertz CT molecular complexity index is 570. The van der Waals surface area contributed by atoms with Crippen LogP contribution in [0.2, 0.25) is 0 Å². The predicted octanol–water partition coefficient (Wildman–Crippen LogP) is 3.35. The van der Waals surface area contributed by atoms with Crippen LogP contribution in [0.4, 0.5) is 5.82 Å². The van der Waals surface area contributed by atoms with E-state index in [0.717, 1.165) is 31.0 Å². The topological polar surface area (TPSA) is 34.1 Å². The number of aryl methyl sites for hydroxylation is 2. The van der Waals surface area contributed by atoms with Gasteiger partial charge in [-0.15, -0.1) is 11.3 Å². The van der Waals surface area contributed by atoms with Crippen molar-refractivity contribution in [3.05, 3.63) is 39.2 Å². The molecule has 2 aromatic rings. The normalized spacial score (nSPS) is 13.2. The van der Waals surface area contributed by atoms with Gasteiger partial charge in [0, 0.05) is 19.4 Å². The number of ether oxygens (including phenoxy) is 1. The van der Waals surface area contributed by atoms with Gasteiger partial charge < -0.3 is 10.1 Å². The van der Waals surface area contributed by atoms with Crippen LogP contribution in [0.3, 0.4) is 0 Å². The second-order valence-corrected chi connectivity index (χ2v) is 6.09. The van der Waals surface area contributed by atoms with Gasteiger partial charge in [-0.2, -0.15) is 0 Å². The smallest absolute Gasteiger partial charge is 0.140 e. The third-order valence-corrected chi connectivity index (χ3v) is 4.48. The lowest BCUT2D eigenvalue weighted by Crippen LogP contribution is -2.03. The van der Waals surface area contributed by atoms with E-state index in [4.69, 9.17) is 4.74 Å². The zero-order chi connectivity index (χ0) is 13.2. The molecule has 1 N–H and O–H groups in total. The van der Waals surface area contributed by atoms with Crippen LogP contribution in [0.1, 0.15) is 21.0 Å². The number of benzene rings is 1. The van der Waals surface area contributed by atoms with Crippen LogP contribution in [0, 0.1) is 13.8 Å². The second-order valence-electron chi connectivity index (χ2n) is 4.92. The zero-order valence-electron chi connectivity index (χ0n) is 11.3. The standard InChI is InChI=1S/C15H18N2OS/c1-10-3-4-11(2)12(9-10)18-8-6-14-17-15-13(19-14)5-7-16-15/h3-4,9,16H,5-8H2,1-2H3. The van der Waals surface area contributed by atoms with Crippen LogP contribution in [-0.4, -0.2) is 18.1 Å². The lowest BCUT2D eigenvalue weighted by Gasteiger charge is -2.09. The van der Waals surface area contributed by atoms with E-state index in [1.54, 1.807) is 0 Å². The number of fused-ring (bicyclic) bond motifs is 1. The fourth-order valence-electron chi connectivity index (χ4n) is 2.22. The van der Waals surface area contributed by atoms with Crippen LogP contribution in [0.15, 0.2) is 18.2 Å². The molecule has 1 aromatic heterocycles. The third-order valence-electron chi connectivity index (χ3n) is 3.30. The molecule has 0 bridgehead atoms. The first-order valence-electron chi connectivity index (χ1n) is 6.65. The molecule has 1 aliphatic rings. The lowest BCUT2D eigenvalue weighted by molar-refractivity contribution is 0.319. The van der Waals surface area contributed by atoms with Crippen molar-refractivity contribution in [2.45, 2.75) is 26.7 Å². The van der Waals surface area contributed by atoms with Gasteiger partial charge in [0.25, 0.3) is 0 Å². The number of aromatic nitrogens is 1. The van der Waals surface area contributed by atoms with Gasteiger partial charge in [0.15, 0.2) is 0 Å². The summed E-state index contributed by atoms with van der Waals surface area (Å²) >= 11 is 1.81. The van der Waals surface area contributed by atoms with Crippen LogP contribution in [0.25, 0.3) is 0 Å². The Labute approximate surface area is 117 Å². The van der Waals surface area contributed by atoms with E-state index in [1.807, 2.05) is 11.3 Å². The fourth-order valence-corrected chi connectivity index (χ4v) is 3.25. The monoisotopic (exact) mass is 274 g/mol. The minimum Gasteiger partial charge on any atom is -0.493 e. The summed E-state index contributed by atoms with van der Waals surface area (Å²) in [5.74, 6) is 2.08. The maximum absolute atomic E-state index is 5.87. The number of hydrogen-bond acceptors (Lipinski definition) is 4. The number of nitrogens with zero attached hydrogens (tertiary/aromatic N) is 1. The summed E-state index contributed by atoms with van der Waals surface area (Å²) in [7, 11) is 0. The molecule has 100 valence electrons. The average Bonchev–Trinajstić information content (AvgIpc) is 2.94. The summed E-state index contributed by atoms with van der Waals surface area (Å²) in [6.45, 7) is 5.89. The highest BCUT2D eigenvalue weighted by Gasteiger charge is 2.15. The average molecular weight is 274 g/mol. The Kier molecular flexibility index (Phi) is 3.42. The minimum absolute atomic E-state index is 0.691. The first-order valence-corrected chi connectivity index (χ1v) is 7.46. The molecule has 0 fully saturated rings. The third kappa shape index (κ3) is 2.73. The molecule has 3 nitrogen and oxygen atoms in total. The number of nitrogens with one attached hydrogen (secondary N) is 1. The first kappa shape index (κ1) is 12.5. The van der Waals surface area contributed by atoms with Gasteiger partial charge in [-0.05, 0) is 31.0 Å². The summed E-state index contributed by atoms with van der Waals surface area (Å²) in [6, 6.07) is 6.31. The minimum atomic E-state index is 0.691. The molecule has 0 amide bonds. The first-order chi connectivity index (χ1) is 9.22. The van der Waals surface area contributed by atoms with Gasteiger partial charge in [-0.25, -0.2) is 4.98 Å². The van der Waals surface area contributed by atoms with Gasteiger partial charge in [0.05, 0.1) is 16.5 Å². The molecular formula is C15H18N2OS. The SMILES string of the molecule is Cc1ccc(C)c(OCCc2nc3c(s2)CCN3)c1. The highest BCUT2D eigenvalue weighted by atomic mass is 32.1. The Morgan fingerprint density at radius 3 is 3.11 bits per heavy atom. The maximum Gasteiger partial charge on any atom is 0.140 e. The molecule has 0 atom stereocenters. The van der Waals surface area contributed by atoms with Crippen LogP contribution >= 0.6 is 11.3 Å². The Morgan fingerprint density at radius 1 is 1.37 bits per heavy atom. The summed E-state index contributed by atoms with van der Waals surface area (Å²) in [4.78, 5) is 5.98. The van der Waals surface area contributed by atoms with Crippen LogP contribution in [-0.2, 0) is 12.8 Å². The number of rotatable bonds is 4. The largest absolute Gasteiger partial charge is 0.493 e. The molecule has 19 heavy (non-hydrogen) atoms. The molecule has 0 spiro atoms. The second kappa shape index (κ2) is 5.21. The highest BCUT2D eigenvalue weighted by Crippen LogP contribution is 2.28. The van der Waals surface area contributed by atoms with E-state index < -0.39 is 0 Å². The number of thiazole rings is 1.